The Morgan fingerprint density at radius 3 is 2.82 bits per heavy atom. The predicted octanol–water partition coefficient (Wildman–Crippen LogP) is 4.06. The fourth-order valence-corrected chi connectivity index (χ4v) is 2.52. The quantitative estimate of drug-likeness (QED) is 0.751. The molecule has 17 heavy (non-hydrogen) atoms. The van der Waals surface area contributed by atoms with Gasteiger partial charge in [0.15, 0.2) is 0 Å². The van der Waals surface area contributed by atoms with Crippen molar-refractivity contribution in [2.45, 2.75) is 46.1 Å². The van der Waals surface area contributed by atoms with Gasteiger partial charge in [0.05, 0.1) is 0 Å². The molecule has 0 bridgehead atoms. The monoisotopic (exact) mass is 229 g/mol. The van der Waals surface area contributed by atoms with Gasteiger partial charge in [0.1, 0.15) is 0 Å². The minimum absolute atomic E-state index is 0.994. The second-order valence-electron chi connectivity index (χ2n) is 4.95. The number of rotatable bonds is 5. The van der Waals surface area contributed by atoms with Gasteiger partial charge in [-0.15, -0.1) is 0 Å². The fraction of sp³-hybridized carbons (Fsp3) is 0.500. The summed E-state index contributed by atoms with van der Waals surface area (Å²) in [5.41, 5.74) is 5.84. The lowest BCUT2D eigenvalue weighted by molar-refractivity contribution is 0.675. The molecule has 0 amide bonds. The zero-order valence-corrected chi connectivity index (χ0v) is 11.1. The number of hydrogen-bond donors (Lipinski definition) is 1. The summed E-state index contributed by atoms with van der Waals surface area (Å²) in [4.78, 5) is 0. The van der Waals surface area contributed by atoms with Crippen LogP contribution in [0.25, 0.3) is 5.57 Å². The summed E-state index contributed by atoms with van der Waals surface area (Å²) >= 11 is 0. The summed E-state index contributed by atoms with van der Waals surface area (Å²) < 4.78 is 0. The first-order valence-electron chi connectivity index (χ1n) is 6.81. The lowest BCUT2D eigenvalue weighted by Crippen LogP contribution is -2.13. The summed E-state index contributed by atoms with van der Waals surface area (Å²) in [6.07, 6.45) is 7.44. The van der Waals surface area contributed by atoms with Gasteiger partial charge < -0.3 is 5.32 Å². The van der Waals surface area contributed by atoms with E-state index in [0.717, 1.165) is 13.1 Å². The van der Waals surface area contributed by atoms with E-state index in [0.29, 0.717) is 0 Å². The topological polar surface area (TPSA) is 12.0 Å². The molecule has 92 valence electrons. The van der Waals surface area contributed by atoms with Gasteiger partial charge in [0.25, 0.3) is 0 Å². The van der Waals surface area contributed by atoms with Crippen LogP contribution in [-0.2, 0) is 6.54 Å². The Morgan fingerprint density at radius 2 is 2.18 bits per heavy atom. The Morgan fingerprint density at radius 1 is 1.29 bits per heavy atom. The third kappa shape index (κ3) is 3.19. The van der Waals surface area contributed by atoms with Gasteiger partial charge in [-0.2, -0.15) is 0 Å². The molecule has 1 aliphatic carbocycles. The summed E-state index contributed by atoms with van der Waals surface area (Å²) in [5.74, 6) is 0. The van der Waals surface area contributed by atoms with Gasteiger partial charge in [-0.05, 0) is 61.4 Å². The van der Waals surface area contributed by atoms with Crippen molar-refractivity contribution in [1.82, 2.24) is 5.32 Å². The van der Waals surface area contributed by atoms with Crippen LogP contribution < -0.4 is 5.32 Å². The van der Waals surface area contributed by atoms with Crippen molar-refractivity contribution in [3.63, 3.8) is 0 Å². The number of benzene rings is 1. The molecule has 0 aromatic heterocycles. The molecule has 0 unspecified atom stereocenters. The molecule has 1 aromatic rings. The molecule has 0 aliphatic heterocycles. The number of hydrogen-bond acceptors (Lipinski definition) is 1. The van der Waals surface area contributed by atoms with Crippen molar-refractivity contribution in [3.05, 3.63) is 41.0 Å². The van der Waals surface area contributed by atoms with Crippen LogP contribution in [0.4, 0.5) is 0 Å². The molecule has 0 saturated heterocycles. The van der Waals surface area contributed by atoms with E-state index in [1.54, 1.807) is 5.57 Å². The molecule has 0 saturated carbocycles. The smallest absolute Gasteiger partial charge is 0.0205 e. The van der Waals surface area contributed by atoms with E-state index >= 15 is 0 Å². The molecule has 1 nitrogen and oxygen atoms in total. The zero-order valence-electron chi connectivity index (χ0n) is 11.1. The molecule has 0 heterocycles. The lowest BCUT2D eigenvalue weighted by atomic mass is 9.98. The van der Waals surface area contributed by atoms with E-state index in [9.17, 15) is 0 Å². The highest BCUT2D eigenvalue weighted by atomic mass is 14.8. The second-order valence-corrected chi connectivity index (χ2v) is 4.95. The van der Waals surface area contributed by atoms with Gasteiger partial charge in [-0.25, -0.2) is 0 Å². The van der Waals surface area contributed by atoms with Crippen LogP contribution in [0.2, 0.25) is 0 Å². The number of nitrogens with one attached hydrogen (secondary N) is 1. The molecule has 1 aliphatic rings. The van der Waals surface area contributed by atoms with Crippen LogP contribution in [0.1, 0.15) is 49.3 Å². The Kier molecular flexibility index (Phi) is 4.38. The van der Waals surface area contributed by atoms with Crippen LogP contribution in [0, 0.1) is 6.92 Å². The third-order valence-corrected chi connectivity index (χ3v) is 3.43. The van der Waals surface area contributed by atoms with Crippen LogP contribution >= 0.6 is 0 Å². The summed E-state index contributed by atoms with van der Waals surface area (Å²) in [6, 6.07) is 6.90. The lowest BCUT2D eigenvalue weighted by Gasteiger charge is -2.10. The molecule has 0 spiro atoms. The molecule has 1 heteroatoms. The molecular weight excluding hydrogens is 206 g/mol. The zero-order chi connectivity index (χ0) is 12.1. The maximum absolute atomic E-state index is 3.45. The van der Waals surface area contributed by atoms with Crippen LogP contribution in [0.5, 0.6) is 0 Å². The van der Waals surface area contributed by atoms with Crippen LogP contribution in [0.3, 0.4) is 0 Å². The Labute approximate surface area is 105 Å². The average molecular weight is 229 g/mol. The van der Waals surface area contributed by atoms with Crippen LogP contribution in [-0.4, -0.2) is 6.54 Å². The molecular formula is C16H23N. The molecule has 2 rings (SSSR count). The van der Waals surface area contributed by atoms with E-state index in [-0.39, 0.29) is 0 Å². The summed E-state index contributed by atoms with van der Waals surface area (Å²) in [6.45, 7) is 6.53. The van der Waals surface area contributed by atoms with Crippen molar-refractivity contribution in [2.24, 2.45) is 0 Å². The molecule has 0 radical (unpaired) electrons. The standard InChI is InChI=1S/C16H23N/c1-3-10-17-12-14-8-9-16(13(2)11-14)15-6-4-5-7-15/h6,8-9,11,17H,3-5,7,10,12H2,1-2H3. The van der Waals surface area contributed by atoms with Gasteiger partial charge in [0, 0.05) is 6.54 Å². The minimum Gasteiger partial charge on any atom is -0.313 e. The highest BCUT2D eigenvalue weighted by Crippen LogP contribution is 2.29. The van der Waals surface area contributed by atoms with Gasteiger partial charge in [-0.1, -0.05) is 31.2 Å². The molecule has 1 aromatic carbocycles. The Bertz CT molecular complexity index is 404. The van der Waals surface area contributed by atoms with E-state index in [4.69, 9.17) is 0 Å². The van der Waals surface area contributed by atoms with Crippen molar-refractivity contribution < 1.29 is 0 Å². The molecule has 0 fully saturated rings. The van der Waals surface area contributed by atoms with E-state index in [1.807, 2.05) is 0 Å². The largest absolute Gasteiger partial charge is 0.313 e. The normalized spacial score (nSPS) is 15.1. The van der Waals surface area contributed by atoms with E-state index in [2.05, 4.69) is 43.4 Å². The predicted molar refractivity (Wildman–Crippen MR) is 75.0 cm³/mol. The second kappa shape index (κ2) is 6.02. The summed E-state index contributed by atoms with van der Waals surface area (Å²) in [5, 5.41) is 3.45. The van der Waals surface area contributed by atoms with Gasteiger partial charge in [0.2, 0.25) is 0 Å². The van der Waals surface area contributed by atoms with Gasteiger partial charge in [-0.3, -0.25) is 0 Å². The first-order chi connectivity index (χ1) is 8.31. The van der Waals surface area contributed by atoms with Crippen LogP contribution in [0.15, 0.2) is 24.3 Å². The highest BCUT2D eigenvalue weighted by Gasteiger charge is 2.09. The van der Waals surface area contributed by atoms with Crippen molar-refractivity contribution in [3.8, 4) is 0 Å². The molecule has 0 atom stereocenters. The van der Waals surface area contributed by atoms with Crippen molar-refractivity contribution in [2.75, 3.05) is 6.54 Å². The Balaban J connectivity index is 2.06. The number of allylic oxidation sites excluding steroid dienone is 2. The van der Waals surface area contributed by atoms with Crippen molar-refractivity contribution >= 4 is 5.57 Å². The summed E-state index contributed by atoms with van der Waals surface area (Å²) in [7, 11) is 0. The van der Waals surface area contributed by atoms with Crippen molar-refractivity contribution in [1.29, 1.82) is 0 Å². The average Bonchev–Trinajstić information content (AvgIpc) is 2.83. The number of aryl methyl sites for hydroxylation is 1. The first kappa shape index (κ1) is 12.4. The maximum Gasteiger partial charge on any atom is 0.0205 e. The fourth-order valence-electron chi connectivity index (χ4n) is 2.52. The molecule has 1 N–H and O–H groups in total. The third-order valence-electron chi connectivity index (χ3n) is 3.43. The van der Waals surface area contributed by atoms with Gasteiger partial charge >= 0.3 is 0 Å². The Hall–Kier alpha value is -1.08. The SMILES string of the molecule is CCCNCc1ccc(C2=CCCC2)c(C)c1. The van der Waals surface area contributed by atoms with E-state index in [1.165, 1.54) is 42.4 Å². The highest BCUT2D eigenvalue weighted by molar-refractivity contribution is 5.69. The first-order valence-corrected chi connectivity index (χ1v) is 6.81. The van der Waals surface area contributed by atoms with E-state index < -0.39 is 0 Å². The minimum atomic E-state index is 0.994. The maximum atomic E-state index is 3.45.